The quantitative estimate of drug-likeness (QED) is 0.580. The van der Waals surface area contributed by atoms with E-state index in [0.717, 1.165) is 22.3 Å². The minimum Gasteiger partial charge on any atom is -0.454 e. The molecule has 1 aliphatic rings. The maximum atomic E-state index is 10.9. The summed E-state index contributed by atoms with van der Waals surface area (Å²) in [6.45, 7) is 6.69. The van der Waals surface area contributed by atoms with E-state index < -0.39 is 0 Å². The average Bonchev–Trinajstić information content (AvgIpc) is 2.98. The summed E-state index contributed by atoms with van der Waals surface area (Å²) in [6.07, 6.45) is 4.11. The minimum absolute atomic E-state index is 0.197. The smallest absolute Gasteiger partial charge is 0.307 e. The fourth-order valence-electron chi connectivity index (χ4n) is 2.41. The lowest BCUT2D eigenvalue weighted by atomic mass is 9.96. The van der Waals surface area contributed by atoms with Crippen molar-refractivity contribution in [3.05, 3.63) is 46.9 Å². The highest BCUT2D eigenvalue weighted by Crippen LogP contribution is 2.36. The fraction of sp³-hybridized carbons (Fsp3) is 0.368. The van der Waals surface area contributed by atoms with Gasteiger partial charge in [0.05, 0.1) is 12.5 Å². The number of hydrogen-bond donors (Lipinski definition) is 0. The summed E-state index contributed by atoms with van der Waals surface area (Å²) in [6, 6.07) is 3.86. The molecule has 0 bridgehead atoms. The molecule has 0 fully saturated rings. The van der Waals surface area contributed by atoms with E-state index in [4.69, 9.17) is 18.9 Å². The van der Waals surface area contributed by atoms with Gasteiger partial charge in [0, 0.05) is 13.8 Å². The maximum Gasteiger partial charge on any atom is 0.307 e. The van der Waals surface area contributed by atoms with Crippen LogP contribution in [0.25, 0.3) is 0 Å². The first kappa shape index (κ1) is 18.6. The van der Waals surface area contributed by atoms with E-state index in [9.17, 15) is 9.59 Å². The van der Waals surface area contributed by atoms with Crippen molar-refractivity contribution in [2.45, 2.75) is 40.5 Å². The summed E-state index contributed by atoms with van der Waals surface area (Å²) < 4.78 is 20.8. The summed E-state index contributed by atoms with van der Waals surface area (Å²) in [5.41, 5.74) is 3.86. The van der Waals surface area contributed by atoms with Gasteiger partial charge in [0.25, 0.3) is 0 Å². The van der Waals surface area contributed by atoms with Gasteiger partial charge in [-0.25, -0.2) is 0 Å². The number of fused-ring (bicyclic) bond motifs is 1. The van der Waals surface area contributed by atoms with Gasteiger partial charge in [0.2, 0.25) is 6.79 Å². The molecule has 6 heteroatoms. The van der Waals surface area contributed by atoms with Gasteiger partial charge in [-0.05, 0) is 61.1 Å². The molecule has 134 valence electrons. The van der Waals surface area contributed by atoms with Crippen LogP contribution in [-0.2, 0) is 31.9 Å². The first-order valence-corrected chi connectivity index (χ1v) is 7.92. The molecule has 0 aromatic heterocycles. The predicted molar refractivity (Wildman–Crippen MR) is 91.0 cm³/mol. The van der Waals surface area contributed by atoms with Crippen LogP contribution in [0.1, 0.15) is 38.8 Å². The monoisotopic (exact) mass is 346 g/mol. The van der Waals surface area contributed by atoms with Crippen LogP contribution >= 0.6 is 0 Å². The molecule has 0 aliphatic carbocycles. The first-order chi connectivity index (χ1) is 11.8. The van der Waals surface area contributed by atoms with Crippen molar-refractivity contribution in [1.29, 1.82) is 0 Å². The number of benzene rings is 1. The Morgan fingerprint density at radius 1 is 0.880 bits per heavy atom. The number of ether oxygens (including phenoxy) is 4. The zero-order valence-electron chi connectivity index (χ0n) is 14.9. The Balaban J connectivity index is 2.24. The second-order valence-electron chi connectivity index (χ2n) is 5.98. The minimum atomic E-state index is -0.356. The summed E-state index contributed by atoms with van der Waals surface area (Å²) in [7, 11) is 0. The number of allylic oxidation sites excluding steroid dienone is 2. The molecule has 1 aliphatic heterocycles. The molecule has 0 amide bonds. The van der Waals surface area contributed by atoms with Gasteiger partial charge in [-0.2, -0.15) is 0 Å². The zero-order valence-corrected chi connectivity index (χ0v) is 14.9. The molecule has 1 aromatic rings. The molecule has 0 unspecified atom stereocenters. The molecular weight excluding hydrogens is 324 g/mol. The number of hydrogen-bond acceptors (Lipinski definition) is 6. The van der Waals surface area contributed by atoms with E-state index in [1.165, 1.54) is 26.4 Å². The van der Waals surface area contributed by atoms with Gasteiger partial charge in [-0.3, -0.25) is 9.59 Å². The van der Waals surface area contributed by atoms with Crippen LogP contribution in [-0.4, -0.2) is 18.7 Å². The third kappa shape index (κ3) is 5.67. The van der Waals surface area contributed by atoms with Gasteiger partial charge < -0.3 is 18.9 Å². The number of esters is 2. The Morgan fingerprint density at radius 3 is 1.64 bits per heavy atom. The Hall–Kier alpha value is -2.76. The zero-order chi connectivity index (χ0) is 18.4. The molecule has 1 aromatic carbocycles. The van der Waals surface area contributed by atoms with Gasteiger partial charge >= 0.3 is 11.9 Å². The van der Waals surface area contributed by atoms with Gasteiger partial charge in [-0.1, -0.05) is 0 Å². The normalized spacial score (nSPS) is 13.6. The van der Waals surface area contributed by atoms with Crippen LogP contribution < -0.4 is 9.47 Å². The molecular formula is C19H22O6. The summed E-state index contributed by atoms with van der Waals surface area (Å²) in [4.78, 5) is 21.9. The molecule has 0 radical (unpaired) electrons. The lowest BCUT2D eigenvalue weighted by Gasteiger charge is -2.12. The third-order valence-corrected chi connectivity index (χ3v) is 3.49. The van der Waals surface area contributed by atoms with E-state index in [0.29, 0.717) is 24.3 Å². The van der Waals surface area contributed by atoms with Crippen molar-refractivity contribution in [3.8, 4) is 11.5 Å². The van der Waals surface area contributed by atoms with Crippen LogP contribution in [0.5, 0.6) is 11.5 Å². The largest absolute Gasteiger partial charge is 0.454 e. The molecule has 25 heavy (non-hydrogen) atoms. The van der Waals surface area contributed by atoms with Crippen molar-refractivity contribution in [1.82, 2.24) is 0 Å². The Morgan fingerprint density at radius 2 is 1.28 bits per heavy atom. The average molecular weight is 346 g/mol. The van der Waals surface area contributed by atoms with Gasteiger partial charge in [0.15, 0.2) is 11.5 Å². The number of carbonyl (C=O) groups excluding carboxylic acids is 2. The molecule has 2 rings (SSSR count). The van der Waals surface area contributed by atoms with Crippen molar-refractivity contribution >= 4 is 11.9 Å². The number of carbonyl (C=O) groups is 2. The molecule has 6 nitrogen and oxygen atoms in total. The van der Waals surface area contributed by atoms with Crippen molar-refractivity contribution in [2.75, 3.05) is 6.79 Å². The summed E-state index contributed by atoms with van der Waals surface area (Å²) >= 11 is 0. The van der Waals surface area contributed by atoms with Crippen LogP contribution in [0.2, 0.25) is 0 Å². The molecule has 0 spiro atoms. The van der Waals surface area contributed by atoms with Crippen molar-refractivity contribution in [2.24, 2.45) is 0 Å². The Kier molecular flexibility index (Phi) is 6.22. The Labute approximate surface area is 147 Å². The third-order valence-electron chi connectivity index (χ3n) is 3.49. The van der Waals surface area contributed by atoms with E-state index in [-0.39, 0.29) is 18.7 Å². The predicted octanol–water partition coefficient (Wildman–Crippen LogP) is 3.43. The lowest BCUT2D eigenvalue weighted by Crippen LogP contribution is -2.00. The molecule has 0 atom stereocenters. The first-order valence-electron chi connectivity index (χ1n) is 7.92. The SMILES string of the molecule is CC(=O)OC=C(C)Cc1cc2c(cc1CC(C)=COC(C)=O)OCO2. The highest BCUT2D eigenvalue weighted by atomic mass is 16.7. The van der Waals surface area contributed by atoms with E-state index in [2.05, 4.69) is 0 Å². The second kappa shape index (κ2) is 8.37. The van der Waals surface area contributed by atoms with Gasteiger partial charge in [0.1, 0.15) is 0 Å². The van der Waals surface area contributed by atoms with Gasteiger partial charge in [-0.15, -0.1) is 0 Å². The van der Waals surface area contributed by atoms with E-state index in [1.807, 2.05) is 26.0 Å². The van der Waals surface area contributed by atoms with Crippen molar-refractivity contribution < 1.29 is 28.5 Å². The molecule has 1 heterocycles. The topological polar surface area (TPSA) is 71.1 Å². The highest BCUT2D eigenvalue weighted by molar-refractivity contribution is 5.67. The lowest BCUT2D eigenvalue weighted by molar-refractivity contribution is -0.136. The second-order valence-corrected chi connectivity index (χ2v) is 5.98. The highest BCUT2D eigenvalue weighted by Gasteiger charge is 2.17. The van der Waals surface area contributed by atoms with E-state index in [1.54, 1.807) is 0 Å². The van der Waals surface area contributed by atoms with Crippen LogP contribution in [0.4, 0.5) is 0 Å². The maximum absolute atomic E-state index is 10.9. The fourth-order valence-corrected chi connectivity index (χ4v) is 2.41. The standard InChI is InChI=1S/C19H22O6/c1-12(9-22-14(3)20)5-16-7-18-19(25-11-24-18)8-17(16)6-13(2)10-23-15(4)21/h7-10H,5-6,11H2,1-4H3. The van der Waals surface area contributed by atoms with Crippen molar-refractivity contribution in [3.63, 3.8) is 0 Å². The number of rotatable bonds is 6. The van der Waals surface area contributed by atoms with E-state index >= 15 is 0 Å². The molecule has 0 N–H and O–H groups in total. The summed E-state index contributed by atoms with van der Waals surface area (Å²) in [5.74, 6) is 0.678. The molecule has 0 saturated heterocycles. The molecule has 0 saturated carbocycles. The van der Waals surface area contributed by atoms with Crippen LogP contribution in [0.3, 0.4) is 0 Å². The van der Waals surface area contributed by atoms with Crippen LogP contribution in [0, 0.1) is 0 Å². The Bertz CT molecular complexity index is 669. The summed E-state index contributed by atoms with van der Waals surface area (Å²) in [5, 5.41) is 0. The van der Waals surface area contributed by atoms with Crippen LogP contribution in [0.15, 0.2) is 35.8 Å².